The van der Waals surface area contributed by atoms with E-state index in [2.05, 4.69) is 15.5 Å². The number of hydrogen-bond acceptors (Lipinski definition) is 9. The number of oxime groups is 1. The molecule has 0 radical (unpaired) electrons. The predicted octanol–water partition coefficient (Wildman–Crippen LogP) is 3.92. The van der Waals surface area contributed by atoms with Gasteiger partial charge in [-0.25, -0.2) is 14.6 Å². The minimum atomic E-state index is -1.42. The number of Topliss-reactive ketones (excluding diaryl/α,β-unsaturated/α-hetero) is 1. The highest BCUT2D eigenvalue weighted by Crippen LogP contribution is 2.21. The van der Waals surface area contributed by atoms with Gasteiger partial charge in [0.05, 0.1) is 0 Å². The van der Waals surface area contributed by atoms with Gasteiger partial charge in [0, 0.05) is 12.3 Å². The molecule has 0 saturated carbocycles. The zero-order valence-corrected chi connectivity index (χ0v) is 19.1. The molecule has 0 unspecified atom stereocenters. The number of amides is 1. The molecule has 9 nitrogen and oxygen atoms in total. The first kappa shape index (κ1) is 24.5. The second kappa shape index (κ2) is 8.89. The summed E-state index contributed by atoms with van der Waals surface area (Å²) in [5.41, 5.74) is -2.65. The fourth-order valence-electron chi connectivity index (χ4n) is 1.72. The minimum absolute atomic E-state index is 0.0878. The number of rotatable bonds is 6. The molecule has 0 bridgehead atoms. The van der Waals surface area contributed by atoms with E-state index >= 15 is 0 Å². The number of carbonyl (C=O) groups excluding carboxylic acids is 3. The van der Waals surface area contributed by atoms with Crippen molar-refractivity contribution in [3.05, 3.63) is 11.1 Å². The van der Waals surface area contributed by atoms with Gasteiger partial charge in [-0.1, -0.05) is 5.16 Å². The summed E-state index contributed by atoms with van der Waals surface area (Å²) in [6.45, 7) is 14.7. The fourth-order valence-corrected chi connectivity index (χ4v) is 2.40. The molecule has 1 heterocycles. The topological polar surface area (TPSA) is 116 Å². The molecule has 1 aromatic heterocycles. The first-order valence-electron chi connectivity index (χ1n) is 8.96. The Hall–Kier alpha value is -2.49. The van der Waals surface area contributed by atoms with E-state index in [0.717, 1.165) is 11.3 Å². The summed E-state index contributed by atoms with van der Waals surface area (Å²) >= 11 is 1.09. The number of esters is 1. The number of ether oxygens (including phenoxy) is 2. The van der Waals surface area contributed by atoms with Crippen LogP contribution in [-0.4, -0.2) is 45.3 Å². The maximum Gasteiger partial charge on any atom is 0.413 e. The molecule has 0 aliphatic carbocycles. The molecular weight excluding hydrogens is 398 g/mol. The lowest BCUT2D eigenvalue weighted by Crippen LogP contribution is -2.40. The predicted molar refractivity (Wildman–Crippen MR) is 110 cm³/mol. The van der Waals surface area contributed by atoms with Gasteiger partial charge in [0.25, 0.3) is 0 Å². The van der Waals surface area contributed by atoms with Crippen molar-refractivity contribution in [2.75, 3.05) is 5.32 Å². The second-order valence-corrected chi connectivity index (χ2v) is 9.62. The third kappa shape index (κ3) is 8.59. The average molecular weight is 428 g/mol. The van der Waals surface area contributed by atoms with Gasteiger partial charge in [0.1, 0.15) is 16.9 Å². The number of nitrogens with one attached hydrogen (secondary N) is 1. The van der Waals surface area contributed by atoms with Crippen LogP contribution in [0.5, 0.6) is 0 Å². The summed E-state index contributed by atoms with van der Waals surface area (Å²) in [7, 11) is 0. The van der Waals surface area contributed by atoms with Crippen LogP contribution in [0.3, 0.4) is 0 Å². The summed E-state index contributed by atoms with van der Waals surface area (Å²) in [4.78, 5) is 45.6. The molecule has 29 heavy (non-hydrogen) atoms. The molecule has 0 fully saturated rings. The van der Waals surface area contributed by atoms with Crippen molar-refractivity contribution in [1.82, 2.24) is 4.98 Å². The Morgan fingerprint density at radius 2 is 1.55 bits per heavy atom. The molecule has 0 spiro atoms. The monoisotopic (exact) mass is 427 g/mol. The Labute approximate surface area is 174 Å². The Kier molecular flexibility index (Phi) is 7.53. The number of aromatic nitrogens is 1. The van der Waals surface area contributed by atoms with Gasteiger partial charge in [-0.2, -0.15) is 0 Å². The molecule has 1 rings (SSSR count). The van der Waals surface area contributed by atoms with Crippen LogP contribution in [0.25, 0.3) is 0 Å². The standard InChI is InChI=1S/C19H29N3O6S/c1-11(23)13(22-28-19(8,9)14(24)26-17(2,3)4)12-10-29-15(20-12)21-16(25)27-18(5,6)7/h10H,1-9H3,(H,20,21,25)/b22-13+. The highest BCUT2D eigenvalue weighted by Gasteiger charge is 2.35. The van der Waals surface area contributed by atoms with E-state index in [1.165, 1.54) is 26.2 Å². The third-order valence-corrected chi connectivity index (χ3v) is 3.70. The van der Waals surface area contributed by atoms with Gasteiger partial charge < -0.3 is 14.3 Å². The van der Waals surface area contributed by atoms with Crippen molar-refractivity contribution in [3.63, 3.8) is 0 Å². The number of hydrogen-bond donors (Lipinski definition) is 1. The Morgan fingerprint density at radius 3 is 2.03 bits per heavy atom. The van der Waals surface area contributed by atoms with Gasteiger partial charge in [0.2, 0.25) is 5.60 Å². The van der Waals surface area contributed by atoms with Crippen LogP contribution < -0.4 is 5.32 Å². The molecule has 162 valence electrons. The summed E-state index contributed by atoms with van der Waals surface area (Å²) < 4.78 is 10.5. The summed E-state index contributed by atoms with van der Waals surface area (Å²) in [6.07, 6.45) is -0.665. The van der Waals surface area contributed by atoms with Crippen LogP contribution in [0.4, 0.5) is 9.93 Å². The van der Waals surface area contributed by atoms with Gasteiger partial charge in [-0.05, 0) is 55.4 Å². The van der Waals surface area contributed by atoms with E-state index in [0.29, 0.717) is 0 Å². The molecule has 0 atom stereocenters. The van der Waals surface area contributed by atoms with E-state index in [-0.39, 0.29) is 16.5 Å². The van der Waals surface area contributed by atoms with Crippen LogP contribution in [0, 0.1) is 0 Å². The molecule has 1 aromatic rings. The zero-order chi connectivity index (χ0) is 22.6. The Bertz CT molecular complexity index is 800. The van der Waals surface area contributed by atoms with Gasteiger partial charge >= 0.3 is 12.1 Å². The number of ketones is 1. The molecule has 1 amide bonds. The Balaban J connectivity index is 2.96. The quantitative estimate of drug-likeness (QED) is 0.415. The highest BCUT2D eigenvalue weighted by atomic mass is 32.1. The van der Waals surface area contributed by atoms with E-state index in [1.54, 1.807) is 41.5 Å². The maximum atomic E-state index is 12.3. The van der Waals surface area contributed by atoms with Crippen molar-refractivity contribution in [2.24, 2.45) is 5.16 Å². The molecule has 0 aliphatic rings. The normalized spacial score (nSPS) is 12.9. The SMILES string of the molecule is CC(=O)/C(=N\OC(C)(C)C(=O)OC(C)(C)C)c1csc(NC(=O)OC(C)(C)C)n1. The van der Waals surface area contributed by atoms with Gasteiger partial charge in [-0.3, -0.25) is 10.1 Å². The van der Waals surface area contributed by atoms with E-state index in [4.69, 9.17) is 14.3 Å². The van der Waals surface area contributed by atoms with Crippen molar-refractivity contribution in [3.8, 4) is 0 Å². The van der Waals surface area contributed by atoms with Crippen LogP contribution in [0.1, 0.15) is 68.0 Å². The van der Waals surface area contributed by atoms with Crippen LogP contribution >= 0.6 is 11.3 Å². The third-order valence-electron chi connectivity index (χ3n) is 2.94. The van der Waals surface area contributed by atoms with Crippen molar-refractivity contribution >= 4 is 40.0 Å². The number of thiazole rings is 1. The van der Waals surface area contributed by atoms with Crippen molar-refractivity contribution in [2.45, 2.75) is 79.1 Å². The summed E-state index contributed by atoms with van der Waals surface area (Å²) in [6, 6.07) is 0. The molecule has 0 aliphatic heterocycles. The van der Waals surface area contributed by atoms with E-state index in [1.807, 2.05) is 0 Å². The largest absolute Gasteiger partial charge is 0.457 e. The first-order chi connectivity index (χ1) is 13.0. The van der Waals surface area contributed by atoms with E-state index < -0.39 is 34.6 Å². The summed E-state index contributed by atoms with van der Waals surface area (Å²) in [5, 5.41) is 8.10. The second-order valence-electron chi connectivity index (χ2n) is 8.76. The lowest BCUT2D eigenvalue weighted by Gasteiger charge is -2.26. The number of anilines is 1. The molecule has 10 heteroatoms. The minimum Gasteiger partial charge on any atom is -0.457 e. The zero-order valence-electron chi connectivity index (χ0n) is 18.3. The van der Waals surface area contributed by atoms with Crippen molar-refractivity contribution < 1.29 is 28.7 Å². The Morgan fingerprint density at radius 1 is 1.00 bits per heavy atom. The van der Waals surface area contributed by atoms with Gasteiger partial charge in [-0.15, -0.1) is 11.3 Å². The van der Waals surface area contributed by atoms with Crippen LogP contribution in [0.2, 0.25) is 0 Å². The lowest BCUT2D eigenvalue weighted by atomic mass is 10.1. The smallest absolute Gasteiger partial charge is 0.413 e. The molecule has 1 N–H and O–H groups in total. The lowest BCUT2D eigenvalue weighted by molar-refractivity contribution is -0.179. The average Bonchev–Trinajstić information content (AvgIpc) is 2.91. The maximum absolute atomic E-state index is 12.3. The summed E-state index contributed by atoms with van der Waals surface area (Å²) in [5.74, 6) is -1.04. The molecular formula is C19H29N3O6S. The van der Waals surface area contributed by atoms with Crippen molar-refractivity contribution in [1.29, 1.82) is 0 Å². The highest BCUT2D eigenvalue weighted by molar-refractivity contribution is 7.14. The van der Waals surface area contributed by atoms with Crippen LogP contribution in [0.15, 0.2) is 10.5 Å². The first-order valence-corrected chi connectivity index (χ1v) is 9.84. The number of carbonyl (C=O) groups is 3. The van der Waals surface area contributed by atoms with Gasteiger partial charge in [0.15, 0.2) is 16.6 Å². The number of nitrogens with zero attached hydrogens (tertiary/aromatic N) is 2. The fraction of sp³-hybridized carbons (Fsp3) is 0.632. The molecule has 0 aromatic carbocycles. The van der Waals surface area contributed by atoms with Crippen LogP contribution in [-0.2, 0) is 23.9 Å². The van der Waals surface area contributed by atoms with E-state index in [9.17, 15) is 14.4 Å². The molecule has 0 saturated heterocycles.